The van der Waals surface area contributed by atoms with Crippen LogP contribution in [0.1, 0.15) is 80.9 Å². The fraction of sp³-hybridized carbons (Fsp3) is 0.824. The van der Waals surface area contributed by atoms with Crippen LogP contribution in [0.25, 0.3) is 0 Å². The molecule has 2 rings (SSSR count). The van der Waals surface area contributed by atoms with Crippen LogP contribution in [0.4, 0.5) is 0 Å². The summed E-state index contributed by atoms with van der Waals surface area (Å²) >= 11 is 1.92. The number of aryl methyl sites for hydroxylation is 2. The molecule has 1 unspecified atom stereocenters. The molecule has 1 fully saturated rings. The fourth-order valence-corrected chi connectivity index (χ4v) is 4.49. The van der Waals surface area contributed by atoms with E-state index < -0.39 is 0 Å². The van der Waals surface area contributed by atoms with Crippen molar-refractivity contribution in [2.75, 3.05) is 0 Å². The van der Waals surface area contributed by atoms with Crippen LogP contribution in [0.15, 0.2) is 0 Å². The highest BCUT2D eigenvalue weighted by molar-refractivity contribution is 7.11. The first-order valence-corrected chi connectivity index (χ1v) is 9.15. The summed E-state index contributed by atoms with van der Waals surface area (Å²) in [5, 5.41) is 5.14. The van der Waals surface area contributed by atoms with Crippen molar-refractivity contribution in [3.8, 4) is 0 Å². The van der Waals surface area contributed by atoms with Gasteiger partial charge < -0.3 is 5.32 Å². The molecule has 2 nitrogen and oxygen atoms in total. The lowest BCUT2D eigenvalue weighted by Gasteiger charge is -2.27. The van der Waals surface area contributed by atoms with Gasteiger partial charge in [-0.15, -0.1) is 11.3 Å². The second kappa shape index (κ2) is 7.56. The summed E-state index contributed by atoms with van der Waals surface area (Å²) in [6.07, 6.45) is 9.41. The van der Waals surface area contributed by atoms with Gasteiger partial charge in [-0.2, -0.15) is 0 Å². The summed E-state index contributed by atoms with van der Waals surface area (Å²) in [5.74, 6) is 0.773. The van der Waals surface area contributed by atoms with Crippen LogP contribution in [0.3, 0.4) is 0 Å². The molecule has 1 aliphatic rings. The lowest BCUT2D eigenvalue weighted by molar-refractivity contribution is 0.307. The maximum Gasteiger partial charge on any atom is 0.110 e. The summed E-state index contributed by atoms with van der Waals surface area (Å²) in [5.41, 5.74) is 1.30. The molecule has 0 bridgehead atoms. The minimum absolute atomic E-state index is 0.470. The Morgan fingerprint density at radius 1 is 1.20 bits per heavy atom. The Kier molecular flexibility index (Phi) is 6.03. The van der Waals surface area contributed by atoms with Gasteiger partial charge in [0.05, 0.1) is 11.7 Å². The van der Waals surface area contributed by atoms with E-state index in [0.717, 1.165) is 12.3 Å². The SMILES string of the molecule is CCc1nc(C(NC(C)C)C2CCCCCC2)sc1C. The normalized spacial score (nSPS) is 19.2. The van der Waals surface area contributed by atoms with Crippen LogP contribution in [0.5, 0.6) is 0 Å². The predicted octanol–water partition coefficient (Wildman–Crippen LogP) is 5.02. The highest BCUT2D eigenvalue weighted by atomic mass is 32.1. The van der Waals surface area contributed by atoms with Crippen LogP contribution in [-0.4, -0.2) is 11.0 Å². The maximum atomic E-state index is 4.94. The number of nitrogens with one attached hydrogen (secondary N) is 1. The van der Waals surface area contributed by atoms with E-state index >= 15 is 0 Å². The zero-order chi connectivity index (χ0) is 14.5. The van der Waals surface area contributed by atoms with E-state index in [4.69, 9.17) is 4.98 Å². The lowest BCUT2D eigenvalue weighted by Crippen LogP contribution is -2.33. The standard InChI is InChI=1S/C17H30N2S/c1-5-15-13(4)20-17(19-15)16(18-12(2)3)14-10-8-6-7-9-11-14/h12,14,16,18H,5-11H2,1-4H3. The van der Waals surface area contributed by atoms with Gasteiger partial charge in [-0.25, -0.2) is 4.98 Å². The quantitative estimate of drug-likeness (QED) is 0.771. The number of rotatable bonds is 5. The molecule has 3 heteroatoms. The molecular weight excluding hydrogens is 264 g/mol. The molecular formula is C17H30N2S. The molecule has 0 saturated heterocycles. The van der Waals surface area contributed by atoms with Crippen LogP contribution in [-0.2, 0) is 6.42 Å². The third-order valence-corrected chi connectivity index (χ3v) is 5.49. The van der Waals surface area contributed by atoms with Gasteiger partial charge in [-0.3, -0.25) is 0 Å². The molecule has 0 spiro atoms. The number of thiazole rings is 1. The van der Waals surface area contributed by atoms with E-state index in [0.29, 0.717) is 12.1 Å². The molecule has 0 aromatic carbocycles. The second-order valence-corrected chi connectivity index (χ2v) is 7.69. The van der Waals surface area contributed by atoms with E-state index in [2.05, 4.69) is 33.0 Å². The highest BCUT2D eigenvalue weighted by Gasteiger charge is 2.27. The average molecular weight is 295 g/mol. The molecule has 0 aliphatic heterocycles. The van der Waals surface area contributed by atoms with Gasteiger partial charge in [0.1, 0.15) is 5.01 Å². The molecule has 1 aromatic rings. The van der Waals surface area contributed by atoms with Gasteiger partial charge >= 0.3 is 0 Å². The maximum absolute atomic E-state index is 4.94. The van der Waals surface area contributed by atoms with Crippen LogP contribution >= 0.6 is 11.3 Å². The largest absolute Gasteiger partial charge is 0.305 e. The van der Waals surface area contributed by atoms with Crippen molar-refractivity contribution in [2.45, 2.75) is 84.7 Å². The van der Waals surface area contributed by atoms with Crippen molar-refractivity contribution < 1.29 is 0 Å². The average Bonchev–Trinajstić information content (AvgIpc) is 2.63. The molecule has 1 atom stereocenters. The first kappa shape index (κ1) is 16.0. The van der Waals surface area contributed by atoms with E-state index in [1.165, 1.54) is 54.1 Å². The first-order valence-electron chi connectivity index (χ1n) is 8.34. The Morgan fingerprint density at radius 3 is 2.35 bits per heavy atom. The first-order chi connectivity index (χ1) is 9.61. The van der Waals surface area contributed by atoms with Gasteiger partial charge in [0.2, 0.25) is 0 Å². The second-order valence-electron chi connectivity index (χ2n) is 6.46. The van der Waals surface area contributed by atoms with E-state index in [1.54, 1.807) is 0 Å². The van der Waals surface area contributed by atoms with Gasteiger partial charge in [0, 0.05) is 10.9 Å². The third kappa shape index (κ3) is 4.05. The number of hydrogen-bond donors (Lipinski definition) is 1. The topological polar surface area (TPSA) is 24.9 Å². The monoisotopic (exact) mass is 294 g/mol. The van der Waals surface area contributed by atoms with Gasteiger partial charge in [0.15, 0.2) is 0 Å². The molecule has 1 heterocycles. The summed E-state index contributed by atoms with van der Waals surface area (Å²) in [6, 6.07) is 0.995. The van der Waals surface area contributed by atoms with E-state index in [1.807, 2.05) is 11.3 Å². The zero-order valence-corrected chi connectivity index (χ0v) is 14.4. The molecule has 1 saturated carbocycles. The Balaban J connectivity index is 2.20. The molecule has 0 radical (unpaired) electrons. The number of nitrogens with zero attached hydrogens (tertiary/aromatic N) is 1. The molecule has 1 aromatic heterocycles. The molecule has 20 heavy (non-hydrogen) atoms. The summed E-state index contributed by atoms with van der Waals surface area (Å²) in [4.78, 5) is 6.35. The van der Waals surface area contributed by atoms with Crippen molar-refractivity contribution in [2.24, 2.45) is 5.92 Å². The fourth-order valence-electron chi connectivity index (χ4n) is 3.32. The zero-order valence-electron chi connectivity index (χ0n) is 13.5. The van der Waals surface area contributed by atoms with Gasteiger partial charge in [-0.1, -0.05) is 46.5 Å². The Hall–Kier alpha value is -0.410. The smallest absolute Gasteiger partial charge is 0.110 e. The minimum Gasteiger partial charge on any atom is -0.305 e. The summed E-state index contributed by atoms with van der Waals surface area (Å²) < 4.78 is 0. The highest BCUT2D eigenvalue weighted by Crippen LogP contribution is 2.36. The third-order valence-electron chi connectivity index (χ3n) is 4.39. The molecule has 114 valence electrons. The van der Waals surface area contributed by atoms with Crippen molar-refractivity contribution in [3.63, 3.8) is 0 Å². The lowest BCUT2D eigenvalue weighted by atomic mass is 9.91. The van der Waals surface area contributed by atoms with Crippen LogP contribution < -0.4 is 5.32 Å². The van der Waals surface area contributed by atoms with Crippen molar-refractivity contribution in [1.82, 2.24) is 10.3 Å². The van der Waals surface area contributed by atoms with Crippen molar-refractivity contribution >= 4 is 11.3 Å². The minimum atomic E-state index is 0.470. The molecule has 1 aliphatic carbocycles. The molecule has 0 amide bonds. The van der Waals surface area contributed by atoms with Crippen molar-refractivity contribution in [3.05, 3.63) is 15.6 Å². The summed E-state index contributed by atoms with van der Waals surface area (Å²) in [6.45, 7) is 8.94. The van der Waals surface area contributed by atoms with Crippen LogP contribution in [0, 0.1) is 12.8 Å². The van der Waals surface area contributed by atoms with Gasteiger partial charge in [0.25, 0.3) is 0 Å². The predicted molar refractivity (Wildman–Crippen MR) is 88.4 cm³/mol. The van der Waals surface area contributed by atoms with E-state index in [9.17, 15) is 0 Å². The summed E-state index contributed by atoms with van der Waals surface area (Å²) in [7, 11) is 0. The Bertz CT molecular complexity index is 403. The van der Waals surface area contributed by atoms with Crippen molar-refractivity contribution in [1.29, 1.82) is 0 Å². The number of aromatic nitrogens is 1. The Labute approximate surface area is 128 Å². The van der Waals surface area contributed by atoms with Crippen LogP contribution in [0.2, 0.25) is 0 Å². The Morgan fingerprint density at radius 2 is 1.85 bits per heavy atom. The molecule has 1 N–H and O–H groups in total. The number of hydrogen-bond acceptors (Lipinski definition) is 3. The van der Waals surface area contributed by atoms with Gasteiger partial charge in [-0.05, 0) is 32.1 Å². The van der Waals surface area contributed by atoms with E-state index in [-0.39, 0.29) is 0 Å².